The van der Waals surface area contributed by atoms with Gasteiger partial charge in [0.2, 0.25) is 12.7 Å². The predicted octanol–water partition coefficient (Wildman–Crippen LogP) is 2.14. The second-order valence-electron chi connectivity index (χ2n) is 7.23. The van der Waals surface area contributed by atoms with E-state index in [-0.39, 0.29) is 30.5 Å². The fourth-order valence-corrected chi connectivity index (χ4v) is 4.05. The Kier molecular flexibility index (Phi) is 6.27. The van der Waals surface area contributed by atoms with Gasteiger partial charge in [-0.05, 0) is 49.9 Å². The minimum absolute atomic E-state index is 0. The lowest BCUT2D eigenvalue weighted by Crippen LogP contribution is -2.45. The molecule has 2 fully saturated rings. The Morgan fingerprint density at radius 1 is 1.23 bits per heavy atom. The largest absolute Gasteiger partial charge is 0.454 e. The minimum atomic E-state index is -0.0992. The van der Waals surface area contributed by atoms with Crippen molar-refractivity contribution in [1.29, 1.82) is 0 Å². The third-order valence-electron chi connectivity index (χ3n) is 5.65. The van der Waals surface area contributed by atoms with Crippen molar-refractivity contribution in [3.63, 3.8) is 0 Å². The second kappa shape index (κ2) is 8.46. The fourth-order valence-electron chi connectivity index (χ4n) is 4.05. The van der Waals surface area contributed by atoms with Crippen molar-refractivity contribution in [2.45, 2.75) is 43.6 Å². The molecule has 144 valence electrons. The van der Waals surface area contributed by atoms with Crippen molar-refractivity contribution in [2.24, 2.45) is 0 Å². The van der Waals surface area contributed by atoms with Gasteiger partial charge in [-0.15, -0.1) is 12.4 Å². The number of hydrogen-bond donors (Lipinski definition) is 2. The van der Waals surface area contributed by atoms with Crippen molar-refractivity contribution in [1.82, 2.24) is 10.6 Å². The van der Waals surface area contributed by atoms with E-state index in [0.717, 1.165) is 43.7 Å². The lowest BCUT2D eigenvalue weighted by molar-refractivity contribution is -0.122. The van der Waals surface area contributed by atoms with E-state index in [4.69, 9.17) is 14.2 Å². The first-order valence-corrected chi connectivity index (χ1v) is 9.23. The number of halogens is 1. The molecule has 26 heavy (non-hydrogen) atoms. The summed E-state index contributed by atoms with van der Waals surface area (Å²) in [5.74, 6) is 1.72. The van der Waals surface area contributed by atoms with Crippen LogP contribution in [0, 0.1) is 0 Å². The third kappa shape index (κ3) is 4.08. The molecule has 1 aromatic carbocycles. The van der Waals surface area contributed by atoms with Gasteiger partial charge in [-0.2, -0.15) is 0 Å². The molecule has 0 bridgehead atoms. The molecule has 7 heteroatoms. The van der Waals surface area contributed by atoms with Crippen LogP contribution in [0.4, 0.5) is 0 Å². The van der Waals surface area contributed by atoms with Crippen LogP contribution in [0.3, 0.4) is 0 Å². The molecule has 2 N–H and O–H groups in total. The van der Waals surface area contributed by atoms with Crippen molar-refractivity contribution in [2.75, 3.05) is 33.1 Å². The summed E-state index contributed by atoms with van der Waals surface area (Å²) in [6.07, 6.45) is 4.61. The summed E-state index contributed by atoms with van der Waals surface area (Å²) in [5, 5.41) is 6.56. The Hall–Kier alpha value is -1.50. The van der Waals surface area contributed by atoms with Gasteiger partial charge >= 0.3 is 0 Å². The fraction of sp³-hybridized carbons (Fsp3) is 0.632. The third-order valence-corrected chi connectivity index (χ3v) is 5.65. The topological polar surface area (TPSA) is 68.8 Å². The normalized spacial score (nSPS) is 23.3. The van der Waals surface area contributed by atoms with E-state index in [1.165, 1.54) is 5.56 Å². The maximum Gasteiger partial charge on any atom is 0.231 e. The van der Waals surface area contributed by atoms with Gasteiger partial charge in [0.05, 0.1) is 0 Å². The molecule has 1 atom stereocenters. The van der Waals surface area contributed by atoms with Crippen LogP contribution in [0.5, 0.6) is 11.5 Å². The summed E-state index contributed by atoms with van der Waals surface area (Å²) in [7, 11) is 0. The number of carbonyl (C=O) groups is 1. The maximum absolute atomic E-state index is 12.4. The summed E-state index contributed by atoms with van der Waals surface area (Å²) in [6, 6.07) is 6.47. The molecule has 6 nitrogen and oxygen atoms in total. The molecule has 3 heterocycles. The summed E-state index contributed by atoms with van der Waals surface area (Å²) < 4.78 is 16.5. The molecule has 0 saturated carbocycles. The van der Waals surface area contributed by atoms with E-state index < -0.39 is 0 Å². The van der Waals surface area contributed by atoms with Gasteiger partial charge in [0.1, 0.15) is 0 Å². The van der Waals surface area contributed by atoms with Crippen molar-refractivity contribution in [3.05, 3.63) is 23.8 Å². The van der Waals surface area contributed by atoms with Crippen LogP contribution in [0.15, 0.2) is 18.2 Å². The van der Waals surface area contributed by atoms with Crippen molar-refractivity contribution >= 4 is 18.3 Å². The molecule has 1 aromatic rings. The number of benzene rings is 1. The van der Waals surface area contributed by atoms with Gasteiger partial charge in [-0.3, -0.25) is 4.79 Å². The molecule has 4 rings (SSSR count). The molecule has 0 radical (unpaired) electrons. The minimum Gasteiger partial charge on any atom is -0.454 e. The number of nitrogens with one attached hydrogen (secondary N) is 2. The van der Waals surface area contributed by atoms with Crippen molar-refractivity contribution < 1.29 is 19.0 Å². The SMILES string of the molecule is Cl.O=C(CC1CCCN1)NCC1(c2ccc3c(c2)OCO3)CCOCC1. The average molecular weight is 383 g/mol. The van der Waals surface area contributed by atoms with Gasteiger partial charge < -0.3 is 24.8 Å². The molecular weight excluding hydrogens is 356 g/mol. The highest BCUT2D eigenvalue weighted by Gasteiger charge is 2.36. The van der Waals surface area contributed by atoms with E-state index in [9.17, 15) is 4.79 Å². The van der Waals surface area contributed by atoms with Crippen LogP contribution in [0.2, 0.25) is 0 Å². The first-order valence-electron chi connectivity index (χ1n) is 9.23. The first-order chi connectivity index (χ1) is 12.3. The predicted molar refractivity (Wildman–Crippen MR) is 100 cm³/mol. The number of amides is 1. The number of hydrogen-bond acceptors (Lipinski definition) is 5. The molecule has 0 aliphatic carbocycles. The van der Waals surface area contributed by atoms with Gasteiger partial charge in [0.15, 0.2) is 11.5 Å². The van der Waals surface area contributed by atoms with Crippen LogP contribution >= 0.6 is 12.4 Å². The van der Waals surface area contributed by atoms with Crippen LogP contribution in [-0.4, -0.2) is 45.0 Å². The molecule has 0 spiro atoms. The van der Waals surface area contributed by atoms with Crippen LogP contribution in [0.1, 0.15) is 37.7 Å². The molecule has 3 aliphatic rings. The van der Waals surface area contributed by atoms with Gasteiger partial charge in [0.25, 0.3) is 0 Å². The second-order valence-corrected chi connectivity index (χ2v) is 7.23. The Morgan fingerprint density at radius 3 is 2.81 bits per heavy atom. The van der Waals surface area contributed by atoms with Crippen LogP contribution in [-0.2, 0) is 14.9 Å². The lowest BCUT2D eigenvalue weighted by atomic mass is 9.74. The number of ether oxygens (including phenoxy) is 3. The standard InChI is InChI=1S/C19H26N2O4.ClH/c22-18(11-15-2-1-7-20-15)21-12-19(5-8-23-9-6-19)14-3-4-16-17(10-14)25-13-24-16;/h3-4,10,15,20H,1-2,5-9,11-13H2,(H,21,22);1H. The highest BCUT2D eigenvalue weighted by Crippen LogP contribution is 2.40. The molecule has 2 saturated heterocycles. The summed E-state index contributed by atoms with van der Waals surface area (Å²) in [4.78, 5) is 12.4. The number of fused-ring (bicyclic) bond motifs is 1. The van der Waals surface area contributed by atoms with Crippen molar-refractivity contribution in [3.8, 4) is 11.5 Å². The zero-order valence-electron chi connectivity index (χ0n) is 14.9. The average Bonchev–Trinajstić information content (AvgIpc) is 3.31. The molecule has 0 aromatic heterocycles. The monoisotopic (exact) mass is 382 g/mol. The Bertz CT molecular complexity index is 628. The Balaban J connectivity index is 0.00000196. The van der Waals surface area contributed by atoms with E-state index >= 15 is 0 Å². The smallest absolute Gasteiger partial charge is 0.231 e. The summed E-state index contributed by atoms with van der Waals surface area (Å²) in [6.45, 7) is 3.38. The molecule has 3 aliphatic heterocycles. The molecular formula is C19H27ClN2O4. The number of rotatable bonds is 5. The van der Waals surface area contributed by atoms with Crippen LogP contribution < -0.4 is 20.1 Å². The highest BCUT2D eigenvalue weighted by atomic mass is 35.5. The number of carbonyl (C=O) groups excluding carboxylic acids is 1. The van der Waals surface area contributed by atoms with Crippen LogP contribution in [0.25, 0.3) is 0 Å². The molecule has 1 unspecified atom stereocenters. The van der Waals surface area contributed by atoms with Gasteiger partial charge in [-0.1, -0.05) is 6.07 Å². The quantitative estimate of drug-likeness (QED) is 0.816. The van der Waals surface area contributed by atoms with Gasteiger partial charge in [0, 0.05) is 37.6 Å². The summed E-state index contributed by atoms with van der Waals surface area (Å²) in [5.41, 5.74) is 1.09. The van der Waals surface area contributed by atoms with E-state index in [0.29, 0.717) is 32.2 Å². The van der Waals surface area contributed by atoms with E-state index in [2.05, 4.69) is 22.8 Å². The highest BCUT2D eigenvalue weighted by molar-refractivity contribution is 5.85. The summed E-state index contributed by atoms with van der Waals surface area (Å²) >= 11 is 0. The zero-order chi connectivity index (χ0) is 17.1. The van der Waals surface area contributed by atoms with E-state index in [1.807, 2.05) is 6.07 Å². The molecule has 1 amide bonds. The first kappa shape index (κ1) is 19.3. The Labute approximate surface area is 160 Å². The van der Waals surface area contributed by atoms with Gasteiger partial charge in [-0.25, -0.2) is 0 Å². The van der Waals surface area contributed by atoms with E-state index in [1.54, 1.807) is 0 Å². The maximum atomic E-state index is 12.4. The zero-order valence-corrected chi connectivity index (χ0v) is 15.7. The Morgan fingerprint density at radius 2 is 2.04 bits per heavy atom. The lowest BCUT2D eigenvalue weighted by Gasteiger charge is -2.38.